The Balaban J connectivity index is 1.21. The van der Waals surface area contributed by atoms with Crippen LogP contribution in [0.25, 0.3) is 5.70 Å². The Morgan fingerprint density at radius 2 is 2.09 bits per heavy atom. The van der Waals surface area contributed by atoms with Crippen LogP contribution in [0.1, 0.15) is 43.8 Å². The van der Waals surface area contributed by atoms with Crippen molar-refractivity contribution in [3.8, 4) is 11.5 Å². The molecule has 190 valence electrons. The van der Waals surface area contributed by atoms with Gasteiger partial charge in [-0.15, -0.1) is 0 Å². The molecule has 2 aromatic rings. The number of hydrogen-bond donors (Lipinski definition) is 2. The number of halogens is 5. The molecule has 2 N–H and O–H groups in total. The number of carbonyl (C=O) groups excluding carboxylic acids is 1. The number of hydrogen-bond acceptors (Lipinski definition) is 5. The molecule has 1 fully saturated rings. The van der Waals surface area contributed by atoms with Crippen molar-refractivity contribution in [3.05, 3.63) is 47.5 Å². The van der Waals surface area contributed by atoms with Gasteiger partial charge in [0, 0.05) is 43.1 Å². The zero-order valence-corrected chi connectivity index (χ0v) is 19.3. The SMILES string of the molecule is C=C(CCNC(=O)[C@@H]1C[C@@H](O)c2cc(Cl)c(F)cc2O1)n1cc(O[C@H]2C[C@@H](CC(F)(F)F)C2)cn1. The second-order valence-electron chi connectivity index (χ2n) is 8.79. The number of benzene rings is 1. The minimum Gasteiger partial charge on any atom is -0.487 e. The summed E-state index contributed by atoms with van der Waals surface area (Å²) < 4.78 is 63.6. The molecule has 4 rings (SSSR count). The summed E-state index contributed by atoms with van der Waals surface area (Å²) in [5, 5.41) is 17.0. The van der Waals surface area contributed by atoms with Crippen LogP contribution in [0.3, 0.4) is 0 Å². The largest absolute Gasteiger partial charge is 0.487 e. The summed E-state index contributed by atoms with van der Waals surface area (Å²) in [6.07, 6.45) is -3.19. The predicted molar refractivity (Wildman–Crippen MR) is 118 cm³/mol. The first kappa shape index (κ1) is 25.3. The highest BCUT2D eigenvalue weighted by molar-refractivity contribution is 6.30. The Morgan fingerprint density at radius 3 is 2.80 bits per heavy atom. The van der Waals surface area contributed by atoms with Crippen molar-refractivity contribution < 1.29 is 36.9 Å². The maximum atomic E-state index is 13.7. The van der Waals surface area contributed by atoms with Crippen molar-refractivity contribution in [1.29, 1.82) is 0 Å². The molecule has 1 amide bonds. The van der Waals surface area contributed by atoms with Crippen molar-refractivity contribution in [2.75, 3.05) is 6.54 Å². The zero-order chi connectivity index (χ0) is 25.3. The molecule has 0 spiro atoms. The van der Waals surface area contributed by atoms with Crippen LogP contribution in [0, 0.1) is 11.7 Å². The molecular formula is C23H24ClF4N3O4. The molecule has 35 heavy (non-hydrogen) atoms. The van der Waals surface area contributed by atoms with Crippen LogP contribution in [-0.4, -0.2) is 45.7 Å². The van der Waals surface area contributed by atoms with Gasteiger partial charge in [-0.25, -0.2) is 9.07 Å². The average molecular weight is 518 g/mol. The number of aromatic nitrogens is 2. The standard InChI is InChI=1S/C23H24ClF4N3O4/c1-12(31-11-15(10-30-31)34-14-4-13(5-14)9-23(26,27)28)2-3-29-22(33)21-8-19(32)16-6-17(24)18(25)7-20(16)35-21/h6-7,10-11,13-14,19,21,32H,1-5,8-9H2,(H,29,33)/t13-,14+,19-,21+/m1/s1. The third-order valence-corrected chi connectivity index (χ3v) is 6.31. The van der Waals surface area contributed by atoms with Crippen molar-refractivity contribution in [2.24, 2.45) is 5.92 Å². The van der Waals surface area contributed by atoms with Gasteiger partial charge in [0.25, 0.3) is 5.91 Å². The van der Waals surface area contributed by atoms with E-state index in [-0.39, 0.29) is 29.8 Å². The molecule has 12 heteroatoms. The molecule has 1 aromatic carbocycles. The van der Waals surface area contributed by atoms with Gasteiger partial charge in [0.05, 0.1) is 29.6 Å². The highest BCUT2D eigenvalue weighted by atomic mass is 35.5. The highest BCUT2D eigenvalue weighted by Gasteiger charge is 2.40. The Bertz CT molecular complexity index is 1100. The lowest BCUT2D eigenvalue weighted by Crippen LogP contribution is -2.41. The van der Waals surface area contributed by atoms with E-state index in [0.29, 0.717) is 36.3 Å². The second kappa shape index (κ2) is 10.1. The number of fused-ring (bicyclic) bond motifs is 1. The van der Waals surface area contributed by atoms with E-state index >= 15 is 0 Å². The molecule has 0 bridgehead atoms. The van der Waals surface area contributed by atoms with E-state index < -0.39 is 42.4 Å². The number of rotatable bonds is 8. The Kier molecular flexibility index (Phi) is 7.27. The van der Waals surface area contributed by atoms with Crippen LogP contribution in [-0.2, 0) is 4.79 Å². The van der Waals surface area contributed by atoms with E-state index in [0.717, 1.165) is 6.07 Å². The second-order valence-corrected chi connectivity index (χ2v) is 9.19. The van der Waals surface area contributed by atoms with Gasteiger partial charge in [0.1, 0.15) is 11.6 Å². The van der Waals surface area contributed by atoms with Gasteiger partial charge >= 0.3 is 6.18 Å². The van der Waals surface area contributed by atoms with E-state index in [4.69, 9.17) is 21.1 Å². The van der Waals surface area contributed by atoms with Crippen molar-refractivity contribution in [1.82, 2.24) is 15.1 Å². The van der Waals surface area contributed by atoms with Crippen LogP contribution < -0.4 is 14.8 Å². The summed E-state index contributed by atoms with van der Waals surface area (Å²) in [6.45, 7) is 4.12. The van der Waals surface area contributed by atoms with Gasteiger partial charge in [-0.3, -0.25) is 4.79 Å². The molecule has 0 saturated heterocycles. The summed E-state index contributed by atoms with van der Waals surface area (Å²) in [4.78, 5) is 12.5. The maximum Gasteiger partial charge on any atom is 0.389 e. The molecular weight excluding hydrogens is 494 g/mol. The van der Waals surface area contributed by atoms with E-state index in [1.165, 1.54) is 16.9 Å². The fourth-order valence-electron chi connectivity index (χ4n) is 4.15. The number of aliphatic hydroxyl groups excluding tert-OH is 1. The molecule has 0 unspecified atom stereocenters. The molecule has 1 aliphatic carbocycles. The van der Waals surface area contributed by atoms with Gasteiger partial charge < -0.3 is 19.9 Å². The first-order valence-corrected chi connectivity index (χ1v) is 11.4. The van der Waals surface area contributed by atoms with Crippen LogP contribution in [0.4, 0.5) is 17.6 Å². The van der Waals surface area contributed by atoms with E-state index in [2.05, 4.69) is 17.0 Å². The van der Waals surface area contributed by atoms with Crippen LogP contribution >= 0.6 is 11.6 Å². The molecule has 2 aliphatic rings. The quantitative estimate of drug-likeness (QED) is 0.498. The van der Waals surface area contributed by atoms with E-state index in [1.807, 2.05) is 0 Å². The summed E-state index contributed by atoms with van der Waals surface area (Å²) in [6, 6.07) is 2.32. The summed E-state index contributed by atoms with van der Waals surface area (Å²) in [7, 11) is 0. The number of alkyl halides is 3. The smallest absolute Gasteiger partial charge is 0.389 e. The first-order chi connectivity index (χ1) is 16.5. The summed E-state index contributed by atoms with van der Waals surface area (Å²) >= 11 is 5.74. The normalized spacial score (nSPS) is 23.6. The molecule has 1 aromatic heterocycles. The third kappa shape index (κ3) is 6.26. The zero-order valence-electron chi connectivity index (χ0n) is 18.5. The Labute approximate surface area is 203 Å². The van der Waals surface area contributed by atoms with Gasteiger partial charge in [0.15, 0.2) is 11.9 Å². The fraction of sp³-hybridized carbons (Fsp3) is 0.478. The van der Waals surface area contributed by atoms with Crippen LogP contribution in [0.2, 0.25) is 5.02 Å². The summed E-state index contributed by atoms with van der Waals surface area (Å²) in [5.41, 5.74) is 0.874. The van der Waals surface area contributed by atoms with Crippen LogP contribution in [0.5, 0.6) is 11.5 Å². The number of nitrogens with zero attached hydrogens (tertiary/aromatic N) is 2. The van der Waals surface area contributed by atoms with E-state index in [9.17, 15) is 27.5 Å². The Morgan fingerprint density at radius 1 is 1.34 bits per heavy atom. The lowest BCUT2D eigenvalue weighted by molar-refractivity contribution is -0.156. The number of ether oxygens (including phenoxy) is 2. The minimum atomic E-state index is -4.16. The third-order valence-electron chi connectivity index (χ3n) is 6.02. The average Bonchev–Trinajstić information content (AvgIpc) is 3.21. The monoisotopic (exact) mass is 517 g/mol. The number of aliphatic hydroxyl groups is 1. The molecule has 2 atom stereocenters. The first-order valence-electron chi connectivity index (χ1n) is 11.1. The number of amides is 1. The lowest BCUT2D eigenvalue weighted by atomic mass is 9.80. The Hall–Kier alpha value is -2.79. The highest BCUT2D eigenvalue weighted by Crippen LogP contribution is 2.39. The van der Waals surface area contributed by atoms with Crippen molar-refractivity contribution >= 4 is 23.2 Å². The van der Waals surface area contributed by atoms with E-state index in [1.54, 1.807) is 6.20 Å². The topological polar surface area (TPSA) is 85.6 Å². The lowest BCUT2D eigenvalue weighted by Gasteiger charge is -2.35. The van der Waals surface area contributed by atoms with Gasteiger partial charge in [-0.2, -0.15) is 18.3 Å². The molecule has 1 aliphatic heterocycles. The molecule has 1 saturated carbocycles. The number of nitrogens with one attached hydrogen (secondary N) is 1. The number of carbonyl (C=O) groups is 1. The van der Waals surface area contributed by atoms with Crippen molar-refractivity contribution in [2.45, 2.75) is 56.6 Å². The molecule has 2 heterocycles. The van der Waals surface area contributed by atoms with Gasteiger partial charge in [-0.1, -0.05) is 18.2 Å². The minimum absolute atomic E-state index is 0.00735. The molecule has 7 nitrogen and oxygen atoms in total. The van der Waals surface area contributed by atoms with Gasteiger partial charge in [-0.05, 0) is 24.8 Å². The maximum absolute atomic E-state index is 13.7. The van der Waals surface area contributed by atoms with Crippen molar-refractivity contribution in [3.63, 3.8) is 0 Å². The molecule has 0 radical (unpaired) electrons. The predicted octanol–water partition coefficient (Wildman–Crippen LogP) is 4.65. The van der Waals surface area contributed by atoms with Crippen LogP contribution in [0.15, 0.2) is 31.1 Å². The van der Waals surface area contributed by atoms with Gasteiger partial charge in [0.2, 0.25) is 0 Å². The fourth-order valence-corrected chi connectivity index (χ4v) is 4.33. The summed E-state index contributed by atoms with van der Waals surface area (Å²) in [5.74, 6) is -1.10.